The molecule has 2 saturated heterocycles. The fourth-order valence-corrected chi connectivity index (χ4v) is 4.19. The minimum atomic E-state index is -0.889. The summed E-state index contributed by atoms with van der Waals surface area (Å²) < 4.78 is 11.5. The first kappa shape index (κ1) is 19.7. The molecule has 2 aliphatic rings. The maximum atomic E-state index is 13.0. The Labute approximate surface area is 160 Å². The van der Waals surface area contributed by atoms with Crippen molar-refractivity contribution in [1.82, 2.24) is 4.90 Å². The number of aliphatic carboxylic acids is 1. The van der Waals surface area contributed by atoms with E-state index in [2.05, 4.69) is 13.8 Å². The maximum absolute atomic E-state index is 13.0. The average molecular weight is 375 g/mol. The van der Waals surface area contributed by atoms with Crippen LogP contribution in [0.2, 0.25) is 0 Å². The molecule has 2 heterocycles. The molecule has 1 unspecified atom stereocenters. The summed E-state index contributed by atoms with van der Waals surface area (Å²) >= 11 is 0. The summed E-state index contributed by atoms with van der Waals surface area (Å²) in [6.45, 7) is 9.36. The molecule has 2 aliphatic heterocycles. The molecule has 6 heteroatoms. The lowest BCUT2D eigenvalue weighted by molar-refractivity contribution is -0.157. The first-order valence-corrected chi connectivity index (χ1v) is 9.61. The standard InChI is InChI=1S/C21H29NO5/c1-13(2)17-6-5-14(3)9-18(17)27-15(4)19(23)22-10-16-11-26-8-7-21(16,12-22)20(24)25/h5-6,9,13,15-16H,7-8,10-12H2,1-4H3,(H,24,25)/t15?,16-,21+/m0/s1. The number of hydrogen-bond acceptors (Lipinski definition) is 4. The second-order valence-electron chi connectivity index (χ2n) is 8.16. The fourth-order valence-electron chi connectivity index (χ4n) is 4.19. The normalized spacial score (nSPS) is 26.0. The number of rotatable bonds is 5. The van der Waals surface area contributed by atoms with Crippen LogP contribution in [-0.4, -0.2) is 54.3 Å². The number of fused-ring (bicyclic) bond motifs is 1. The summed E-state index contributed by atoms with van der Waals surface area (Å²) in [5.74, 6) is -0.157. The molecule has 2 fully saturated rings. The number of carbonyl (C=O) groups is 2. The summed E-state index contributed by atoms with van der Waals surface area (Å²) in [7, 11) is 0. The fraction of sp³-hybridized carbons (Fsp3) is 0.619. The molecule has 27 heavy (non-hydrogen) atoms. The first-order valence-electron chi connectivity index (χ1n) is 9.61. The minimum Gasteiger partial charge on any atom is -0.481 e. The SMILES string of the molecule is Cc1ccc(C(C)C)c(OC(C)C(=O)N2C[C@H]3COCC[C@@]3(C(=O)O)C2)c1. The third kappa shape index (κ3) is 3.68. The molecule has 0 aliphatic carbocycles. The van der Waals surface area contributed by atoms with Gasteiger partial charge in [0.25, 0.3) is 5.91 Å². The Morgan fingerprint density at radius 3 is 2.70 bits per heavy atom. The highest BCUT2D eigenvalue weighted by molar-refractivity contribution is 5.84. The van der Waals surface area contributed by atoms with Crippen LogP contribution >= 0.6 is 0 Å². The van der Waals surface area contributed by atoms with E-state index >= 15 is 0 Å². The van der Waals surface area contributed by atoms with Crippen LogP contribution in [0.1, 0.15) is 44.2 Å². The largest absolute Gasteiger partial charge is 0.481 e. The van der Waals surface area contributed by atoms with E-state index in [1.54, 1.807) is 11.8 Å². The summed E-state index contributed by atoms with van der Waals surface area (Å²) in [5, 5.41) is 9.78. The lowest BCUT2D eigenvalue weighted by Gasteiger charge is -2.33. The van der Waals surface area contributed by atoms with Crippen molar-refractivity contribution in [3.63, 3.8) is 0 Å². The third-order valence-corrected chi connectivity index (χ3v) is 5.89. The van der Waals surface area contributed by atoms with Gasteiger partial charge in [-0.05, 0) is 43.4 Å². The van der Waals surface area contributed by atoms with Gasteiger partial charge >= 0.3 is 5.97 Å². The molecule has 0 spiro atoms. The molecule has 1 amide bonds. The predicted molar refractivity (Wildman–Crippen MR) is 101 cm³/mol. The molecule has 6 nitrogen and oxygen atoms in total. The molecule has 148 valence electrons. The van der Waals surface area contributed by atoms with Gasteiger partial charge in [-0.15, -0.1) is 0 Å². The molecule has 3 atom stereocenters. The topological polar surface area (TPSA) is 76.1 Å². The van der Waals surface area contributed by atoms with Crippen molar-refractivity contribution in [1.29, 1.82) is 0 Å². The van der Waals surface area contributed by atoms with Crippen LogP contribution in [0.4, 0.5) is 0 Å². The van der Waals surface area contributed by atoms with E-state index < -0.39 is 17.5 Å². The van der Waals surface area contributed by atoms with E-state index in [-0.39, 0.29) is 24.3 Å². The number of carboxylic acids is 1. The molecule has 0 aromatic heterocycles. The van der Waals surface area contributed by atoms with Gasteiger partial charge in [0.1, 0.15) is 5.75 Å². The molecule has 0 saturated carbocycles. The highest BCUT2D eigenvalue weighted by Gasteiger charge is 2.55. The third-order valence-electron chi connectivity index (χ3n) is 5.89. The smallest absolute Gasteiger partial charge is 0.311 e. The van der Waals surface area contributed by atoms with Crippen LogP contribution in [0.15, 0.2) is 18.2 Å². The molecule has 1 aromatic carbocycles. The Hall–Kier alpha value is -2.08. The van der Waals surface area contributed by atoms with E-state index in [1.165, 1.54) is 0 Å². The summed E-state index contributed by atoms with van der Waals surface area (Å²) in [6.07, 6.45) is -0.224. The van der Waals surface area contributed by atoms with Gasteiger partial charge in [-0.25, -0.2) is 0 Å². The van der Waals surface area contributed by atoms with Gasteiger partial charge in [0.2, 0.25) is 0 Å². The lowest BCUT2D eigenvalue weighted by atomic mass is 9.74. The molecular formula is C21H29NO5. The van der Waals surface area contributed by atoms with Crippen molar-refractivity contribution < 1.29 is 24.2 Å². The number of benzene rings is 1. The summed E-state index contributed by atoms with van der Waals surface area (Å²) in [5.41, 5.74) is 1.24. The van der Waals surface area contributed by atoms with Gasteiger partial charge in [0.15, 0.2) is 6.10 Å². The number of ether oxygens (including phenoxy) is 2. The second kappa shape index (κ2) is 7.50. The van der Waals surface area contributed by atoms with Crippen LogP contribution < -0.4 is 4.74 Å². The molecule has 0 radical (unpaired) electrons. The van der Waals surface area contributed by atoms with Gasteiger partial charge in [0, 0.05) is 25.6 Å². The Morgan fingerprint density at radius 1 is 1.33 bits per heavy atom. The minimum absolute atomic E-state index is 0.162. The van der Waals surface area contributed by atoms with Gasteiger partial charge < -0.3 is 19.5 Å². The van der Waals surface area contributed by atoms with Crippen molar-refractivity contribution in [2.45, 2.75) is 46.1 Å². The summed E-state index contributed by atoms with van der Waals surface area (Å²) in [4.78, 5) is 26.6. The number of carbonyl (C=O) groups excluding carboxylic acids is 1. The lowest BCUT2D eigenvalue weighted by Crippen LogP contribution is -2.45. The first-order chi connectivity index (χ1) is 12.7. The van der Waals surface area contributed by atoms with Crippen LogP contribution in [-0.2, 0) is 14.3 Å². The number of carboxylic acid groups (broad SMARTS) is 1. The van der Waals surface area contributed by atoms with Gasteiger partial charge in [-0.2, -0.15) is 0 Å². The monoisotopic (exact) mass is 375 g/mol. The van der Waals surface area contributed by atoms with Gasteiger partial charge in [0.05, 0.1) is 12.0 Å². The number of aryl methyl sites for hydroxylation is 1. The van der Waals surface area contributed by atoms with Crippen molar-refractivity contribution >= 4 is 11.9 Å². The van der Waals surface area contributed by atoms with Gasteiger partial charge in [-0.1, -0.05) is 26.0 Å². The quantitative estimate of drug-likeness (QED) is 0.856. The van der Waals surface area contributed by atoms with Crippen LogP contribution in [0.5, 0.6) is 5.75 Å². The van der Waals surface area contributed by atoms with Crippen molar-refractivity contribution in [3.05, 3.63) is 29.3 Å². The predicted octanol–water partition coefficient (Wildman–Crippen LogP) is 2.84. The Morgan fingerprint density at radius 2 is 2.07 bits per heavy atom. The van der Waals surface area contributed by atoms with Crippen molar-refractivity contribution in [3.8, 4) is 5.75 Å². The van der Waals surface area contributed by atoms with E-state index in [1.807, 2.05) is 25.1 Å². The van der Waals surface area contributed by atoms with E-state index in [9.17, 15) is 14.7 Å². The average Bonchev–Trinajstić information content (AvgIpc) is 3.01. The maximum Gasteiger partial charge on any atom is 0.311 e. The molecule has 0 bridgehead atoms. The zero-order valence-corrected chi connectivity index (χ0v) is 16.5. The Bertz CT molecular complexity index is 731. The molecule has 1 aromatic rings. The second-order valence-corrected chi connectivity index (χ2v) is 8.16. The number of likely N-dealkylation sites (tertiary alicyclic amines) is 1. The molecule has 3 rings (SSSR count). The van der Waals surface area contributed by atoms with Crippen LogP contribution in [0.3, 0.4) is 0 Å². The molecule has 1 N–H and O–H groups in total. The zero-order chi connectivity index (χ0) is 19.8. The van der Waals surface area contributed by atoms with Gasteiger partial charge in [-0.3, -0.25) is 9.59 Å². The van der Waals surface area contributed by atoms with E-state index in [4.69, 9.17) is 9.47 Å². The number of nitrogens with zero attached hydrogens (tertiary/aromatic N) is 1. The number of hydrogen-bond donors (Lipinski definition) is 1. The highest BCUT2D eigenvalue weighted by atomic mass is 16.5. The molecular weight excluding hydrogens is 346 g/mol. The van der Waals surface area contributed by atoms with Crippen LogP contribution in [0.25, 0.3) is 0 Å². The summed E-state index contributed by atoms with van der Waals surface area (Å²) in [6, 6.07) is 6.03. The Kier molecular flexibility index (Phi) is 5.47. The number of amides is 1. The van der Waals surface area contributed by atoms with Crippen LogP contribution in [0, 0.1) is 18.3 Å². The Balaban J connectivity index is 1.75. The zero-order valence-electron chi connectivity index (χ0n) is 16.5. The highest BCUT2D eigenvalue weighted by Crippen LogP contribution is 2.42. The van der Waals surface area contributed by atoms with Crippen molar-refractivity contribution in [2.75, 3.05) is 26.3 Å². The van der Waals surface area contributed by atoms with E-state index in [0.717, 1.165) is 16.9 Å². The van der Waals surface area contributed by atoms with Crippen molar-refractivity contribution in [2.24, 2.45) is 11.3 Å². The van der Waals surface area contributed by atoms with E-state index in [0.29, 0.717) is 26.2 Å².